The van der Waals surface area contributed by atoms with Gasteiger partial charge in [0.15, 0.2) is 5.65 Å². The normalized spacial score (nSPS) is 10.8. The largest absolute Gasteiger partial charge is 0.478 e. The van der Waals surface area contributed by atoms with Crippen LogP contribution in [0.3, 0.4) is 0 Å². The van der Waals surface area contributed by atoms with Gasteiger partial charge in [-0.2, -0.15) is 5.10 Å². The second-order valence-electron chi connectivity index (χ2n) is 3.00. The maximum absolute atomic E-state index is 11.0. The summed E-state index contributed by atoms with van der Waals surface area (Å²) in [6.07, 6.45) is 1.53. The molecule has 0 atom stereocenters. The number of carbonyl (C=O) groups is 1. The van der Waals surface area contributed by atoms with E-state index in [2.05, 4.69) is 26.0 Å². The molecule has 0 spiro atoms. The third kappa shape index (κ3) is 1.61. The van der Waals surface area contributed by atoms with Gasteiger partial charge in [0.2, 0.25) is 0 Å². The van der Waals surface area contributed by atoms with Gasteiger partial charge in [0.25, 0.3) is 0 Å². The van der Waals surface area contributed by atoms with Crippen LogP contribution in [0.1, 0.15) is 17.3 Å². The van der Waals surface area contributed by atoms with Crippen molar-refractivity contribution in [2.45, 2.75) is 13.5 Å². The Morgan fingerprint density at radius 2 is 2.40 bits per heavy atom. The molecule has 0 bridgehead atoms. The van der Waals surface area contributed by atoms with Gasteiger partial charge in [0.05, 0.1) is 17.1 Å². The van der Waals surface area contributed by atoms with Crippen molar-refractivity contribution in [3.8, 4) is 0 Å². The lowest BCUT2D eigenvalue weighted by Gasteiger charge is -2.00. The molecular weight excluding hydrogens is 262 g/mol. The fraction of sp³-hybridized carbons (Fsp3) is 0.222. The average molecular weight is 270 g/mol. The first kappa shape index (κ1) is 10.1. The Morgan fingerprint density at radius 1 is 1.67 bits per heavy atom. The van der Waals surface area contributed by atoms with Gasteiger partial charge in [-0.15, -0.1) is 0 Å². The second-order valence-corrected chi connectivity index (χ2v) is 3.81. The van der Waals surface area contributed by atoms with Gasteiger partial charge >= 0.3 is 5.97 Å². The Labute approximate surface area is 93.9 Å². The average Bonchev–Trinajstić information content (AvgIpc) is 2.58. The number of aromatic nitrogens is 3. The first-order valence-electron chi connectivity index (χ1n) is 4.39. The number of hydrogen-bond acceptors (Lipinski definition) is 3. The van der Waals surface area contributed by atoms with Gasteiger partial charge in [-0.25, -0.2) is 14.5 Å². The summed E-state index contributed by atoms with van der Waals surface area (Å²) < 4.78 is 2.16. The minimum atomic E-state index is -0.973. The van der Waals surface area contributed by atoms with Crippen molar-refractivity contribution in [3.63, 3.8) is 0 Å². The van der Waals surface area contributed by atoms with E-state index in [1.807, 2.05) is 6.92 Å². The number of carboxylic acids is 1. The van der Waals surface area contributed by atoms with Crippen molar-refractivity contribution < 1.29 is 9.90 Å². The fourth-order valence-corrected chi connectivity index (χ4v) is 1.82. The molecule has 6 heteroatoms. The Morgan fingerprint density at radius 3 is 3.00 bits per heavy atom. The number of hydrogen-bond donors (Lipinski definition) is 1. The van der Waals surface area contributed by atoms with Crippen LogP contribution in [-0.2, 0) is 6.54 Å². The van der Waals surface area contributed by atoms with Gasteiger partial charge in [0.1, 0.15) is 4.60 Å². The summed E-state index contributed by atoms with van der Waals surface area (Å²) in [5, 5.41) is 13.6. The molecule has 0 radical (unpaired) electrons. The highest BCUT2D eigenvalue weighted by Gasteiger charge is 2.14. The van der Waals surface area contributed by atoms with Crippen molar-refractivity contribution in [1.82, 2.24) is 14.8 Å². The van der Waals surface area contributed by atoms with Gasteiger partial charge in [-0.3, -0.25) is 0 Å². The summed E-state index contributed by atoms with van der Waals surface area (Å²) in [6, 6.07) is 1.48. The first-order valence-corrected chi connectivity index (χ1v) is 5.18. The SMILES string of the molecule is CCn1ncc2c(C(=O)O)cc(Br)nc21. The molecule has 15 heavy (non-hydrogen) atoms. The number of rotatable bonds is 2. The number of carboxylic acid groups (broad SMARTS) is 1. The van der Waals surface area contributed by atoms with Crippen LogP contribution in [-0.4, -0.2) is 25.8 Å². The number of pyridine rings is 1. The molecular formula is C9H8BrN3O2. The van der Waals surface area contributed by atoms with Crippen LogP contribution in [0, 0.1) is 0 Å². The zero-order valence-corrected chi connectivity index (χ0v) is 9.52. The van der Waals surface area contributed by atoms with Crippen LogP contribution >= 0.6 is 15.9 Å². The zero-order chi connectivity index (χ0) is 11.0. The lowest BCUT2D eigenvalue weighted by Crippen LogP contribution is -2.01. The number of halogens is 1. The van der Waals surface area contributed by atoms with E-state index in [1.54, 1.807) is 4.68 Å². The topological polar surface area (TPSA) is 68.0 Å². The Hall–Kier alpha value is -1.43. The summed E-state index contributed by atoms with van der Waals surface area (Å²) in [7, 11) is 0. The molecule has 0 aliphatic heterocycles. The lowest BCUT2D eigenvalue weighted by molar-refractivity contribution is 0.0699. The number of fused-ring (bicyclic) bond motifs is 1. The van der Waals surface area contributed by atoms with Crippen molar-refractivity contribution in [2.24, 2.45) is 0 Å². The number of aromatic carboxylic acids is 1. The second kappa shape index (κ2) is 3.62. The highest BCUT2D eigenvalue weighted by atomic mass is 79.9. The van der Waals surface area contributed by atoms with Gasteiger partial charge < -0.3 is 5.11 Å². The van der Waals surface area contributed by atoms with Crippen LogP contribution < -0.4 is 0 Å². The van der Waals surface area contributed by atoms with Crippen LogP contribution in [0.15, 0.2) is 16.9 Å². The highest BCUT2D eigenvalue weighted by Crippen LogP contribution is 2.20. The molecule has 2 aromatic rings. The third-order valence-electron chi connectivity index (χ3n) is 2.11. The van der Waals surface area contributed by atoms with E-state index in [1.165, 1.54) is 12.3 Å². The van der Waals surface area contributed by atoms with Crippen molar-refractivity contribution in [3.05, 3.63) is 22.4 Å². The minimum Gasteiger partial charge on any atom is -0.478 e. The van der Waals surface area contributed by atoms with Crippen molar-refractivity contribution in [1.29, 1.82) is 0 Å². The van der Waals surface area contributed by atoms with E-state index in [0.717, 1.165) is 0 Å². The molecule has 0 aliphatic carbocycles. The Kier molecular flexibility index (Phi) is 2.44. The molecule has 0 aromatic carbocycles. The van der Waals surface area contributed by atoms with Gasteiger partial charge in [-0.05, 0) is 28.9 Å². The van der Waals surface area contributed by atoms with E-state index in [9.17, 15) is 4.79 Å². The van der Waals surface area contributed by atoms with Crippen molar-refractivity contribution >= 4 is 32.9 Å². The van der Waals surface area contributed by atoms with E-state index in [-0.39, 0.29) is 5.56 Å². The van der Waals surface area contributed by atoms with E-state index < -0.39 is 5.97 Å². The molecule has 2 rings (SSSR count). The summed E-state index contributed by atoms with van der Waals surface area (Å²) in [6.45, 7) is 2.58. The summed E-state index contributed by atoms with van der Waals surface area (Å²) in [5.74, 6) is -0.973. The van der Waals surface area contributed by atoms with Crippen LogP contribution in [0.4, 0.5) is 0 Å². The van der Waals surface area contributed by atoms with E-state index >= 15 is 0 Å². The summed E-state index contributed by atoms with van der Waals surface area (Å²) in [5.41, 5.74) is 0.802. The molecule has 2 heterocycles. The third-order valence-corrected chi connectivity index (χ3v) is 2.51. The van der Waals surface area contributed by atoms with Gasteiger partial charge in [-0.1, -0.05) is 0 Å². The maximum atomic E-state index is 11.0. The Bertz CT molecular complexity index is 535. The molecule has 78 valence electrons. The first-order chi connectivity index (χ1) is 7.13. The molecule has 2 aromatic heterocycles. The molecule has 0 unspecified atom stereocenters. The Balaban J connectivity index is 2.82. The lowest BCUT2D eigenvalue weighted by atomic mass is 10.2. The minimum absolute atomic E-state index is 0.214. The zero-order valence-electron chi connectivity index (χ0n) is 7.94. The molecule has 0 amide bonds. The molecule has 0 aliphatic rings. The molecule has 5 nitrogen and oxygen atoms in total. The summed E-state index contributed by atoms with van der Waals surface area (Å²) >= 11 is 3.18. The fourth-order valence-electron chi connectivity index (χ4n) is 1.43. The number of aryl methyl sites for hydroxylation is 1. The summed E-state index contributed by atoms with van der Waals surface area (Å²) in [4.78, 5) is 15.2. The maximum Gasteiger partial charge on any atom is 0.336 e. The molecule has 1 N–H and O–H groups in total. The van der Waals surface area contributed by atoms with Crippen LogP contribution in [0.5, 0.6) is 0 Å². The quantitative estimate of drug-likeness (QED) is 0.846. The molecule has 0 saturated heterocycles. The van der Waals surface area contributed by atoms with E-state index in [4.69, 9.17) is 5.11 Å². The molecule has 0 saturated carbocycles. The monoisotopic (exact) mass is 269 g/mol. The predicted octanol–water partition coefficient (Wildman–Crippen LogP) is 1.91. The smallest absolute Gasteiger partial charge is 0.336 e. The van der Waals surface area contributed by atoms with Crippen LogP contribution in [0.25, 0.3) is 11.0 Å². The van der Waals surface area contributed by atoms with Gasteiger partial charge in [0, 0.05) is 6.54 Å². The van der Waals surface area contributed by atoms with Crippen LogP contribution in [0.2, 0.25) is 0 Å². The predicted molar refractivity (Wildman–Crippen MR) is 57.9 cm³/mol. The van der Waals surface area contributed by atoms with Crippen molar-refractivity contribution in [2.75, 3.05) is 0 Å². The van der Waals surface area contributed by atoms with E-state index in [0.29, 0.717) is 22.2 Å². The molecule has 0 fully saturated rings. The highest BCUT2D eigenvalue weighted by molar-refractivity contribution is 9.10. The number of nitrogens with zero attached hydrogens (tertiary/aromatic N) is 3. The standard InChI is InChI=1S/C9H8BrN3O2/c1-2-13-8-6(4-11-13)5(9(14)15)3-7(10)12-8/h3-4H,2H2,1H3,(H,14,15).